The lowest BCUT2D eigenvalue weighted by Gasteiger charge is -2.24. The Morgan fingerprint density at radius 3 is 2.06 bits per heavy atom. The molecule has 0 unspecified atom stereocenters. The Hall–Kier alpha value is -3.63. The molecule has 0 saturated heterocycles. The molecule has 0 radical (unpaired) electrons. The molecule has 0 heterocycles. The molecule has 0 saturated carbocycles. The molecule has 11 heteroatoms. The average Bonchev–Trinajstić information content (AvgIpc) is 2.89. The lowest BCUT2D eigenvalue weighted by atomic mass is 10.1. The molecule has 0 fully saturated rings. The van der Waals surface area contributed by atoms with Gasteiger partial charge in [0.05, 0.1) is 39.0 Å². The number of anilines is 1. The zero-order valence-electron chi connectivity index (χ0n) is 20.3. The molecular formula is C25H27ClN2O7S. The monoisotopic (exact) mass is 534 g/mol. The van der Waals surface area contributed by atoms with Crippen LogP contribution in [0.25, 0.3) is 0 Å². The summed E-state index contributed by atoms with van der Waals surface area (Å²) in [4.78, 5) is 12.9. The van der Waals surface area contributed by atoms with Crippen LogP contribution in [0.5, 0.6) is 23.0 Å². The zero-order chi connectivity index (χ0) is 26.3. The van der Waals surface area contributed by atoms with Gasteiger partial charge >= 0.3 is 0 Å². The second kappa shape index (κ2) is 11.9. The molecule has 36 heavy (non-hydrogen) atoms. The van der Waals surface area contributed by atoms with E-state index in [1.54, 1.807) is 30.3 Å². The molecule has 0 aliphatic rings. The maximum absolute atomic E-state index is 13.5. The van der Waals surface area contributed by atoms with E-state index in [0.29, 0.717) is 33.6 Å². The Morgan fingerprint density at radius 2 is 1.53 bits per heavy atom. The smallest absolute Gasteiger partial charge is 0.264 e. The van der Waals surface area contributed by atoms with E-state index in [-0.39, 0.29) is 17.1 Å². The first-order chi connectivity index (χ1) is 17.2. The molecule has 0 bridgehead atoms. The fourth-order valence-corrected chi connectivity index (χ4v) is 5.04. The number of hydrogen-bond donors (Lipinski definition) is 1. The summed E-state index contributed by atoms with van der Waals surface area (Å²) in [7, 11) is 1.86. The fourth-order valence-electron chi connectivity index (χ4n) is 3.45. The predicted molar refractivity (Wildman–Crippen MR) is 137 cm³/mol. The van der Waals surface area contributed by atoms with Gasteiger partial charge in [-0.05, 0) is 60.2 Å². The number of benzene rings is 3. The summed E-state index contributed by atoms with van der Waals surface area (Å²) < 4.78 is 49.1. The Bertz CT molecular complexity index is 1290. The average molecular weight is 535 g/mol. The van der Waals surface area contributed by atoms with Crippen molar-refractivity contribution in [3.63, 3.8) is 0 Å². The maximum atomic E-state index is 13.5. The van der Waals surface area contributed by atoms with Crippen LogP contribution in [0.15, 0.2) is 65.6 Å². The van der Waals surface area contributed by atoms with Crippen molar-refractivity contribution in [3.8, 4) is 23.0 Å². The molecule has 0 aliphatic heterocycles. The van der Waals surface area contributed by atoms with Crippen LogP contribution in [0.1, 0.15) is 5.56 Å². The third-order valence-electron chi connectivity index (χ3n) is 5.25. The summed E-state index contributed by atoms with van der Waals surface area (Å²) in [6, 6.07) is 15.6. The highest BCUT2D eigenvalue weighted by Gasteiger charge is 2.27. The van der Waals surface area contributed by atoms with E-state index in [1.807, 2.05) is 0 Å². The number of carbonyl (C=O) groups is 1. The van der Waals surface area contributed by atoms with Gasteiger partial charge in [0.2, 0.25) is 11.7 Å². The zero-order valence-corrected chi connectivity index (χ0v) is 21.9. The predicted octanol–water partition coefficient (Wildman–Crippen LogP) is 3.89. The Labute approximate surface area is 215 Å². The van der Waals surface area contributed by atoms with Gasteiger partial charge in [-0.25, -0.2) is 8.42 Å². The molecule has 1 amide bonds. The molecule has 3 rings (SSSR count). The van der Waals surface area contributed by atoms with Crippen molar-refractivity contribution < 1.29 is 32.2 Å². The highest BCUT2D eigenvalue weighted by Crippen LogP contribution is 2.38. The standard InChI is InChI=1S/C25H27ClN2O7S/c1-32-20-8-10-21(11-9-20)36(30,31)28(19-7-5-6-18(26)14-19)16-24(29)27-15-17-12-22(33-2)25(35-4)23(13-17)34-3/h5-14H,15-16H2,1-4H3,(H,27,29). The van der Waals surface area contributed by atoms with Crippen LogP contribution in [0.2, 0.25) is 5.02 Å². The van der Waals surface area contributed by atoms with Crippen molar-refractivity contribution >= 4 is 33.2 Å². The molecule has 0 spiro atoms. The molecule has 192 valence electrons. The first-order valence-corrected chi connectivity index (χ1v) is 12.5. The van der Waals surface area contributed by atoms with Crippen molar-refractivity contribution in [1.29, 1.82) is 0 Å². The number of carbonyl (C=O) groups excluding carboxylic acids is 1. The van der Waals surface area contributed by atoms with Crippen molar-refractivity contribution in [3.05, 3.63) is 71.2 Å². The first kappa shape index (κ1) is 27.0. The number of ether oxygens (including phenoxy) is 4. The van der Waals surface area contributed by atoms with Gasteiger partial charge in [0.1, 0.15) is 12.3 Å². The van der Waals surface area contributed by atoms with E-state index >= 15 is 0 Å². The Balaban J connectivity index is 1.86. The van der Waals surface area contributed by atoms with Crippen molar-refractivity contribution in [2.45, 2.75) is 11.4 Å². The molecular weight excluding hydrogens is 508 g/mol. The topological polar surface area (TPSA) is 103 Å². The van der Waals surface area contributed by atoms with Gasteiger partial charge in [0, 0.05) is 11.6 Å². The number of rotatable bonds is 11. The summed E-state index contributed by atoms with van der Waals surface area (Å²) in [5.74, 6) is 1.27. The summed E-state index contributed by atoms with van der Waals surface area (Å²) in [6.07, 6.45) is 0. The summed E-state index contributed by atoms with van der Waals surface area (Å²) in [5, 5.41) is 3.08. The van der Waals surface area contributed by atoms with Crippen LogP contribution in [0.3, 0.4) is 0 Å². The van der Waals surface area contributed by atoms with Crippen LogP contribution >= 0.6 is 11.6 Å². The minimum atomic E-state index is -4.10. The summed E-state index contributed by atoms with van der Waals surface area (Å²) >= 11 is 6.11. The number of nitrogens with zero attached hydrogens (tertiary/aromatic N) is 1. The van der Waals surface area contributed by atoms with E-state index in [4.69, 9.17) is 30.5 Å². The van der Waals surface area contributed by atoms with Gasteiger partial charge in [-0.3, -0.25) is 9.10 Å². The Kier molecular flexibility index (Phi) is 8.89. The van der Waals surface area contributed by atoms with Crippen LogP contribution < -0.4 is 28.6 Å². The van der Waals surface area contributed by atoms with E-state index in [0.717, 1.165) is 4.31 Å². The van der Waals surface area contributed by atoms with Crippen LogP contribution in [0.4, 0.5) is 5.69 Å². The van der Waals surface area contributed by atoms with E-state index in [9.17, 15) is 13.2 Å². The lowest BCUT2D eigenvalue weighted by molar-refractivity contribution is -0.119. The number of sulfonamides is 1. The summed E-state index contributed by atoms with van der Waals surface area (Å²) in [6.45, 7) is -0.374. The van der Waals surface area contributed by atoms with Gasteiger partial charge in [0.15, 0.2) is 11.5 Å². The number of nitrogens with one attached hydrogen (secondary N) is 1. The largest absolute Gasteiger partial charge is 0.497 e. The van der Waals surface area contributed by atoms with Crippen LogP contribution in [-0.2, 0) is 21.4 Å². The molecule has 3 aromatic rings. The normalized spacial score (nSPS) is 10.9. The maximum Gasteiger partial charge on any atom is 0.264 e. The SMILES string of the molecule is COc1ccc(S(=O)(=O)N(CC(=O)NCc2cc(OC)c(OC)c(OC)c2)c2cccc(Cl)c2)cc1. The van der Waals surface area contributed by atoms with Crippen molar-refractivity contribution in [1.82, 2.24) is 5.32 Å². The third kappa shape index (κ3) is 6.13. The fraction of sp³-hybridized carbons (Fsp3) is 0.240. The van der Waals surface area contributed by atoms with E-state index < -0.39 is 22.5 Å². The van der Waals surface area contributed by atoms with Gasteiger partial charge in [-0.15, -0.1) is 0 Å². The quantitative estimate of drug-likeness (QED) is 0.398. The highest BCUT2D eigenvalue weighted by atomic mass is 35.5. The second-order valence-electron chi connectivity index (χ2n) is 7.48. The number of amides is 1. The minimum absolute atomic E-state index is 0.000651. The number of hydrogen-bond acceptors (Lipinski definition) is 7. The van der Waals surface area contributed by atoms with Crippen molar-refractivity contribution in [2.75, 3.05) is 39.3 Å². The molecule has 3 aromatic carbocycles. The van der Waals surface area contributed by atoms with E-state index in [1.165, 1.54) is 58.8 Å². The lowest BCUT2D eigenvalue weighted by Crippen LogP contribution is -2.40. The first-order valence-electron chi connectivity index (χ1n) is 10.7. The van der Waals surface area contributed by atoms with Gasteiger partial charge < -0.3 is 24.3 Å². The number of halogens is 1. The van der Waals surface area contributed by atoms with Gasteiger partial charge in [-0.2, -0.15) is 0 Å². The van der Waals surface area contributed by atoms with Gasteiger partial charge in [-0.1, -0.05) is 17.7 Å². The molecule has 1 N–H and O–H groups in total. The Morgan fingerprint density at radius 1 is 0.889 bits per heavy atom. The van der Waals surface area contributed by atoms with Crippen LogP contribution in [0, 0.1) is 0 Å². The van der Waals surface area contributed by atoms with E-state index in [2.05, 4.69) is 5.32 Å². The number of methoxy groups -OCH3 is 4. The second-order valence-corrected chi connectivity index (χ2v) is 9.78. The van der Waals surface area contributed by atoms with Crippen molar-refractivity contribution in [2.24, 2.45) is 0 Å². The van der Waals surface area contributed by atoms with Crippen LogP contribution in [-0.4, -0.2) is 49.3 Å². The molecule has 9 nitrogen and oxygen atoms in total. The highest BCUT2D eigenvalue weighted by molar-refractivity contribution is 7.92. The molecule has 0 aromatic heterocycles. The summed E-state index contributed by atoms with van der Waals surface area (Å²) in [5.41, 5.74) is 0.923. The third-order valence-corrected chi connectivity index (χ3v) is 7.27. The minimum Gasteiger partial charge on any atom is -0.497 e. The van der Waals surface area contributed by atoms with Gasteiger partial charge in [0.25, 0.3) is 10.0 Å². The molecule has 0 atom stereocenters. The molecule has 0 aliphatic carbocycles.